The van der Waals surface area contributed by atoms with Crippen molar-refractivity contribution in [1.82, 2.24) is 18.6 Å². The Kier molecular flexibility index (Phi) is 4.54. The predicted molar refractivity (Wildman–Crippen MR) is 83.2 cm³/mol. The van der Waals surface area contributed by atoms with E-state index in [0.717, 1.165) is 0 Å². The summed E-state index contributed by atoms with van der Waals surface area (Å²) in [4.78, 5) is 17.0. The number of fused-ring (bicyclic) bond motifs is 1. The minimum Gasteiger partial charge on any atom is -0.379 e. The SMILES string of the molecule is O=c1c2ccsc2ncn1CCNS(=O)(=O)N1CCOCC1. The molecule has 0 atom stereocenters. The summed E-state index contributed by atoms with van der Waals surface area (Å²) in [6.07, 6.45) is 1.45. The van der Waals surface area contributed by atoms with E-state index >= 15 is 0 Å². The van der Waals surface area contributed by atoms with Crippen molar-refractivity contribution in [3.63, 3.8) is 0 Å². The van der Waals surface area contributed by atoms with E-state index < -0.39 is 10.2 Å². The highest BCUT2D eigenvalue weighted by Crippen LogP contribution is 2.13. The molecule has 0 aromatic carbocycles. The summed E-state index contributed by atoms with van der Waals surface area (Å²) in [5.41, 5.74) is -0.156. The molecule has 120 valence electrons. The molecule has 0 amide bonds. The van der Waals surface area contributed by atoms with Crippen LogP contribution in [-0.4, -0.2) is 55.1 Å². The Morgan fingerprint density at radius 2 is 2.14 bits per heavy atom. The number of morpholine rings is 1. The highest BCUT2D eigenvalue weighted by Gasteiger charge is 2.23. The van der Waals surface area contributed by atoms with Gasteiger partial charge >= 0.3 is 0 Å². The van der Waals surface area contributed by atoms with Crippen LogP contribution in [-0.2, 0) is 21.5 Å². The second-order valence-electron chi connectivity index (χ2n) is 4.79. The summed E-state index contributed by atoms with van der Waals surface area (Å²) in [5, 5.41) is 2.37. The van der Waals surface area contributed by atoms with Crippen molar-refractivity contribution in [1.29, 1.82) is 0 Å². The van der Waals surface area contributed by atoms with E-state index in [-0.39, 0.29) is 18.6 Å². The summed E-state index contributed by atoms with van der Waals surface area (Å²) >= 11 is 1.40. The number of nitrogens with one attached hydrogen (secondary N) is 1. The largest absolute Gasteiger partial charge is 0.379 e. The molecule has 0 saturated carbocycles. The molecule has 1 N–H and O–H groups in total. The molecule has 1 saturated heterocycles. The van der Waals surface area contributed by atoms with Crippen LogP contribution < -0.4 is 10.3 Å². The quantitative estimate of drug-likeness (QED) is 0.798. The number of rotatable bonds is 5. The lowest BCUT2D eigenvalue weighted by molar-refractivity contribution is 0.0725. The lowest BCUT2D eigenvalue weighted by Crippen LogP contribution is -2.47. The Hall–Kier alpha value is -1.33. The van der Waals surface area contributed by atoms with Crippen LogP contribution in [0.5, 0.6) is 0 Å². The fourth-order valence-electron chi connectivity index (χ4n) is 2.23. The van der Waals surface area contributed by atoms with Crippen molar-refractivity contribution in [2.75, 3.05) is 32.8 Å². The number of ether oxygens (including phenoxy) is 1. The van der Waals surface area contributed by atoms with Crippen molar-refractivity contribution in [2.45, 2.75) is 6.54 Å². The highest BCUT2D eigenvalue weighted by atomic mass is 32.2. The molecule has 0 unspecified atom stereocenters. The van der Waals surface area contributed by atoms with Crippen LogP contribution in [0.25, 0.3) is 10.2 Å². The Bertz CT molecular complexity index is 808. The highest BCUT2D eigenvalue weighted by molar-refractivity contribution is 7.87. The summed E-state index contributed by atoms with van der Waals surface area (Å²) in [6.45, 7) is 1.87. The van der Waals surface area contributed by atoms with Crippen molar-refractivity contribution in [2.24, 2.45) is 0 Å². The van der Waals surface area contributed by atoms with Gasteiger partial charge in [0.15, 0.2) is 0 Å². The first-order valence-electron chi connectivity index (χ1n) is 6.83. The van der Waals surface area contributed by atoms with Crippen LogP contribution in [0.15, 0.2) is 22.6 Å². The van der Waals surface area contributed by atoms with Gasteiger partial charge in [0.05, 0.1) is 24.9 Å². The lowest BCUT2D eigenvalue weighted by Gasteiger charge is -2.26. The first-order valence-corrected chi connectivity index (χ1v) is 9.15. The molecule has 1 fully saturated rings. The minimum absolute atomic E-state index is 0.136. The van der Waals surface area contributed by atoms with E-state index in [9.17, 15) is 13.2 Å². The summed E-state index contributed by atoms with van der Waals surface area (Å²) in [5.74, 6) is 0. The third-order valence-corrected chi connectivity index (χ3v) is 5.83. The zero-order valence-corrected chi connectivity index (χ0v) is 13.4. The average molecular weight is 344 g/mol. The van der Waals surface area contributed by atoms with Gasteiger partial charge in [0.1, 0.15) is 4.83 Å². The number of thiophene rings is 1. The van der Waals surface area contributed by atoms with Gasteiger partial charge in [-0.05, 0) is 11.4 Å². The maximum absolute atomic E-state index is 12.2. The number of hydrogen-bond donors (Lipinski definition) is 1. The summed E-state index contributed by atoms with van der Waals surface area (Å²) in [6, 6.07) is 1.73. The van der Waals surface area contributed by atoms with Crippen LogP contribution in [0, 0.1) is 0 Å². The fraction of sp³-hybridized carbons (Fsp3) is 0.500. The Morgan fingerprint density at radius 1 is 1.36 bits per heavy atom. The van der Waals surface area contributed by atoms with Crippen molar-refractivity contribution >= 4 is 31.8 Å². The van der Waals surface area contributed by atoms with E-state index in [1.54, 1.807) is 6.07 Å². The van der Waals surface area contributed by atoms with E-state index in [4.69, 9.17) is 4.74 Å². The molecular formula is C12H16N4O4S2. The smallest absolute Gasteiger partial charge is 0.279 e. The van der Waals surface area contributed by atoms with Crippen LogP contribution in [0.2, 0.25) is 0 Å². The van der Waals surface area contributed by atoms with Crippen LogP contribution in [0.4, 0.5) is 0 Å². The van der Waals surface area contributed by atoms with E-state index in [1.807, 2.05) is 5.38 Å². The molecule has 0 bridgehead atoms. The Labute approximate surface area is 131 Å². The monoisotopic (exact) mass is 344 g/mol. The predicted octanol–water partition coefficient (Wildman–Crippen LogP) is -0.375. The fourth-order valence-corrected chi connectivity index (χ4v) is 4.11. The van der Waals surface area contributed by atoms with Crippen LogP contribution in [0.1, 0.15) is 0 Å². The van der Waals surface area contributed by atoms with Gasteiger partial charge in [-0.1, -0.05) is 0 Å². The Morgan fingerprint density at radius 3 is 2.91 bits per heavy atom. The van der Waals surface area contributed by atoms with Crippen LogP contribution in [0.3, 0.4) is 0 Å². The van der Waals surface area contributed by atoms with Crippen molar-refractivity contribution in [3.05, 3.63) is 28.1 Å². The van der Waals surface area contributed by atoms with Crippen molar-refractivity contribution in [3.8, 4) is 0 Å². The van der Waals surface area contributed by atoms with E-state index in [2.05, 4.69) is 9.71 Å². The molecule has 22 heavy (non-hydrogen) atoms. The molecule has 10 heteroatoms. The molecule has 0 spiro atoms. The van der Waals surface area contributed by atoms with Gasteiger partial charge in [-0.3, -0.25) is 9.36 Å². The number of nitrogens with zero attached hydrogens (tertiary/aromatic N) is 3. The van der Waals surface area contributed by atoms with Gasteiger partial charge in [0.25, 0.3) is 15.8 Å². The zero-order chi connectivity index (χ0) is 15.6. The van der Waals surface area contributed by atoms with Gasteiger partial charge in [0, 0.05) is 26.2 Å². The molecule has 8 nitrogen and oxygen atoms in total. The summed E-state index contributed by atoms with van der Waals surface area (Å²) in [7, 11) is -3.53. The molecule has 0 aliphatic carbocycles. The molecule has 0 radical (unpaired) electrons. The lowest BCUT2D eigenvalue weighted by atomic mass is 10.4. The topological polar surface area (TPSA) is 93.5 Å². The normalized spacial score (nSPS) is 17.1. The second-order valence-corrected chi connectivity index (χ2v) is 7.44. The van der Waals surface area contributed by atoms with Gasteiger partial charge in [-0.15, -0.1) is 11.3 Å². The molecule has 2 aromatic rings. The molecule has 3 rings (SSSR count). The Balaban J connectivity index is 1.64. The summed E-state index contributed by atoms with van der Waals surface area (Å²) < 4.78 is 34.6. The first-order chi connectivity index (χ1) is 10.6. The molecule has 3 heterocycles. The first kappa shape index (κ1) is 15.6. The number of hydrogen-bond acceptors (Lipinski definition) is 6. The molecular weight excluding hydrogens is 328 g/mol. The van der Waals surface area contributed by atoms with Gasteiger partial charge in [0.2, 0.25) is 0 Å². The molecule has 1 aliphatic heterocycles. The van der Waals surface area contributed by atoms with Crippen molar-refractivity contribution < 1.29 is 13.2 Å². The standard InChI is InChI=1S/C12H16N4O4S2/c17-12-10-1-8-21-11(10)13-9-15(12)3-2-14-22(18,19)16-4-6-20-7-5-16/h1,8-9,14H,2-7H2. The van der Waals surface area contributed by atoms with E-state index in [1.165, 1.54) is 26.5 Å². The molecule has 1 aliphatic rings. The third kappa shape index (κ3) is 3.20. The van der Waals surface area contributed by atoms with E-state index in [0.29, 0.717) is 36.5 Å². The van der Waals surface area contributed by atoms with Gasteiger partial charge in [-0.2, -0.15) is 12.7 Å². The van der Waals surface area contributed by atoms with Gasteiger partial charge in [-0.25, -0.2) is 9.71 Å². The maximum Gasteiger partial charge on any atom is 0.279 e. The number of aromatic nitrogens is 2. The average Bonchev–Trinajstić information content (AvgIpc) is 3.00. The van der Waals surface area contributed by atoms with Crippen LogP contribution >= 0.6 is 11.3 Å². The van der Waals surface area contributed by atoms with Gasteiger partial charge < -0.3 is 4.74 Å². The second kappa shape index (κ2) is 6.42. The zero-order valence-electron chi connectivity index (χ0n) is 11.8. The third-order valence-electron chi connectivity index (χ3n) is 3.40. The molecule has 2 aromatic heterocycles. The minimum atomic E-state index is -3.53. The maximum atomic E-state index is 12.2.